The van der Waals surface area contributed by atoms with Crippen LogP contribution >= 0.6 is 0 Å². The van der Waals surface area contributed by atoms with Gasteiger partial charge in [0, 0.05) is 18.4 Å². The molecule has 0 saturated carbocycles. The summed E-state index contributed by atoms with van der Waals surface area (Å²) in [5.74, 6) is 1.76. The predicted octanol–water partition coefficient (Wildman–Crippen LogP) is 2.41. The van der Waals surface area contributed by atoms with Gasteiger partial charge < -0.3 is 15.2 Å². The van der Waals surface area contributed by atoms with Crippen molar-refractivity contribution in [2.75, 3.05) is 19.8 Å². The summed E-state index contributed by atoms with van der Waals surface area (Å²) in [6.07, 6.45) is 2.28. The van der Waals surface area contributed by atoms with Gasteiger partial charge in [0.05, 0.1) is 13.2 Å². The van der Waals surface area contributed by atoms with Crippen molar-refractivity contribution in [3.63, 3.8) is 0 Å². The number of carbonyl (C=O) groups excluding carboxylic acids is 1. The number of hydrogen-bond donors (Lipinski definition) is 1. The van der Waals surface area contributed by atoms with Crippen LogP contribution in [0.5, 0.6) is 11.5 Å². The molecule has 104 valence electrons. The Morgan fingerprint density at radius 1 is 1.32 bits per heavy atom. The lowest BCUT2D eigenvalue weighted by atomic mass is 9.96. The molecule has 1 aliphatic rings. The number of hydrogen-bond acceptors (Lipinski definition) is 4. The van der Waals surface area contributed by atoms with Gasteiger partial charge in [-0.05, 0) is 30.7 Å². The lowest BCUT2D eigenvalue weighted by Gasteiger charge is -2.12. The zero-order chi connectivity index (χ0) is 13.7. The molecule has 0 saturated heterocycles. The van der Waals surface area contributed by atoms with Crippen LogP contribution in [0.25, 0.3) is 0 Å². The predicted molar refractivity (Wildman–Crippen MR) is 73.8 cm³/mol. The minimum Gasteiger partial charge on any atom is -0.490 e. The van der Waals surface area contributed by atoms with Crippen molar-refractivity contribution in [3.05, 3.63) is 23.8 Å². The van der Waals surface area contributed by atoms with Crippen LogP contribution in [0, 0.1) is 5.92 Å². The number of carbonyl (C=O) groups is 1. The van der Waals surface area contributed by atoms with Gasteiger partial charge in [0.2, 0.25) is 0 Å². The molecule has 0 fully saturated rings. The fourth-order valence-electron chi connectivity index (χ4n) is 2.11. The van der Waals surface area contributed by atoms with E-state index >= 15 is 0 Å². The Morgan fingerprint density at radius 2 is 2.05 bits per heavy atom. The quantitative estimate of drug-likeness (QED) is 0.829. The summed E-state index contributed by atoms with van der Waals surface area (Å²) < 4.78 is 11.1. The largest absolute Gasteiger partial charge is 0.490 e. The van der Waals surface area contributed by atoms with Gasteiger partial charge in [-0.1, -0.05) is 13.3 Å². The standard InChI is InChI=1S/C15H21NO3/c1-2-11(10-16)8-13(17)12-4-5-14-15(9-12)19-7-3-6-18-14/h4-5,9,11H,2-3,6-8,10,16H2,1H3. The van der Waals surface area contributed by atoms with Gasteiger partial charge in [-0.25, -0.2) is 0 Å². The second-order valence-corrected chi connectivity index (χ2v) is 4.85. The highest BCUT2D eigenvalue weighted by molar-refractivity contribution is 5.96. The summed E-state index contributed by atoms with van der Waals surface area (Å²) in [5, 5.41) is 0. The highest BCUT2D eigenvalue weighted by Crippen LogP contribution is 2.31. The Bertz CT molecular complexity index is 441. The zero-order valence-electron chi connectivity index (χ0n) is 11.4. The van der Waals surface area contributed by atoms with Crippen LogP contribution in [0.2, 0.25) is 0 Å². The van der Waals surface area contributed by atoms with E-state index in [1.807, 2.05) is 6.07 Å². The molecule has 0 aromatic heterocycles. The SMILES string of the molecule is CCC(CN)CC(=O)c1ccc2c(c1)OCCCO2. The molecule has 0 amide bonds. The third-order valence-corrected chi connectivity index (χ3v) is 3.45. The Hall–Kier alpha value is -1.55. The third-order valence-electron chi connectivity index (χ3n) is 3.45. The van der Waals surface area contributed by atoms with E-state index in [1.165, 1.54) is 0 Å². The molecular formula is C15H21NO3. The normalized spacial score (nSPS) is 15.7. The fraction of sp³-hybridized carbons (Fsp3) is 0.533. The molecule has 4 nitrogen and oxygen atoms in total. The van der Waals surface area contributed by atoms with Crippen molar-refractivity contribution in [3.8, 4) is 11.5 Å². The molecule has 2 N–H and O–H groups in total. The van der Waals surface area contributed by atoms with E-state index < -0.39 is 0 Å². The van der Waals surface area contributed by atoms with Gasteiger partial charge >= 0.3 is 0 Å². The zero-order valence-corrected chi connectivity index (χ0v) is 11.4. The van der Waals surface area contributed by atoms with Gasteiger partial charge in [-0.3, -0.25) is 4.79 Å². The molecule has 0 spiro atoms. The Morgan fingerprint density at radius 3 is 2.74 bits per heavy atom. The monoisotopic (exact) mass is 263 g/mol. The Balaban J connectivity index is 2.12. The molecule has 1 atom stereocenters. The molecule has 1 heterocycles. The van der Waals surface area contributed by atoms with Crippen molar-refractivity contribution >= 4 is 5.78 Å². The number of fused-ring (bicyclic) bond motifs is 1. The first-order chi connectivity index (χ1) is 9.24. The highest BCUT2D eigenvalue weighted by atomic mass is 16.5. The van der Waals surface area contributed by atoms with E-state index in [2.05, 4.69) is 6.92 Å². The van der Waals surface area contributed by atoms with E-state index in [9.17, 15) is 4.79 Å². The fourth-order valence-corrected chi connectivity index (χ4v) is 2.11. The molecule has 4 heteroatoms. The Labute approximate surface area is 113 Å². The van der Waals surface area contributed by atoms with Crippen LogP contribution in [0.4, 0.5) is 0 Å². The van der Waals surface area contributed by atoms with E-state index in [1.54, 1.807) is 12.1 Å². The maximum absolute atomic E-state index is 12.2. The molecular weight excluding hydrogens is 242 g/mol. The first kappa shape index (κ1) is 13.9. The number of ether oxygens (including phenoxy) is 2. The summed E-state index contributed by atoms with van der Waals surface area (Å²) in [6, 6.07) is 5.41. The van der Waals surface area contributed by atoms with Crippen LogP contribution in [0.1, 0.15) is 36.5 Å². The number of ketones is 1. The number of nitrogens with two attached hydrogens (primary N) is 1. The van der Waals surface area contributed by atoms with Crippen molar-refractivity contribution in [2.24, 2.45) is 11.7 Å². The summed E-state index contributed by atoms with van der Waals surface area (Å²) >= 11 is 0. The van der Waals surface area contributed by atoms with E-state index in [0.717, 1.165) is 18.6 Å². The van der Waals surface area contributed by atoms with Gasteiger partial charge in [-0.15, -0.1) is 0 Å². The smallest absolute Gasteiger partial charge is 0.163 e. The topological polar surface area (TPSA) is 61.6 Å². The lowest BCUT2D eigenvalue weighted by molar-refractivity contribution is 0.0961. The summed E-state index contributed by atoms with van der Waals surface area (Å²) in [5.41, 5.74) is 6.32. The Kier molecular flexibility index (Phi) is 4.80. The average molecular weight is 263 g/mol. The minimum absolute atomic E-state index is 0.118. The molecule has 0 aliphatic carbocycles. The summed E-state index contributed by atoms with van der Waals surface area (Å²) in [7, 11) is 0. The van der Waals surface area contributed by atoms with Crippen molar-refractivity contribution in [1.29, 1.82) is 0 Å². The lowest BCUT2D eigenvalue weighted by Crippen LogP contribution is -2.17. The highest BCUT2D eigenvalue weighted by Gasteiger charge is 2.16. The summed E-state index contributed by atoms with van der Waals surface area (Å²) in [4.78, 5) is 12.2. The molecule has 1 unspecified atom stereocenters. The number of Topliss-reactive ketones (excluding diaryl/α,β-unsaturated/α-hetero) is 1. The van der Waals surface area contributed by atoms with Crippen LogP contribution < -0.4 is 15.2 Å². The minimum atomic E-state index is 0.118. The molecule has 1 aromatic rings. The van der Waals surface area contributed by atoms with Gasteiger partial charge in [0.1, 0.15) is 0 Å². The van der Waals surface area contributed by atoms with E-state index in [-0.39, 0.29) is 11.7 Å². The molecule has 19 heavy (non-hydrogen) atoms. The van der Waals surface area contributed by atoms with Crippen LogP contribution in [-0.2, 0) is 0 Å². The maximum Gasteiger partial charge on any atom is 0.163 e. The molecule has 1 aliphatic heterocycles. The molecule has 2 rings (SSSR count). The average Bonchev–Trinajstić information content (AvgIpc) is 2.68. The number of benzene rings is 1. The van der Waals surface area contributed by atoms with Gasteiger partial charge in [0.15, 0.2) is 17.3 Å². The number of rotatable bonds is 5. The molecule has 0 bridgehead atoms. The summed E-state index contributed by atoms with van der Waals surface area (Å²) in [6.45, 7) is 3.89. The van der Waals surface area contributed by atoms with Crippen molar-refractivity contribution < 1.29 is 14.3 Å². The van der Waals surface area contributed by atoms with Crippen LogP contribution in [0.15, 0.2) is 18.2 Å². The second kappa shape index (κ2) is 6.57. The van der Waals surface area contributed by atoms with Crippen molar-refractivity contribution in [2.45, 2.75) is 26.2 Å². The van der Waals surface area contributed by atoms with Crippen LogP contribution in [-0.4, -0.2) is 25.5 Å². The van der Waals surface area contributed by atoms with Crippen LogP contribution in [0.3, 0.4) is 0 Å². The van der Waals surface area contributed by atoms with E-state index in [4.69, 9.17) is 15.2 Å². The van der Waals surface area contributed by atoms with Gasteiger partial charge in [0.25, 0.3) is 0 Å². The molecule has 1 aromatic carbocycles. The van der Waals surface area contributed by atoms with E-state index in [0.29, 0.717) is 37.5 Å². The third kappa shape index (κ3) is 3.47. The second-order valence-electron chi connectivity index (χ2n) is 4.85. The maximum atomic E-state index is 12.2. The van der Waals surface area contributed by atoms with Crippen molar-refractivity contribution in [1.82, 2.24) is 0 Å². The van der Waals surface area contributed by atoms with Gasteiger partial charge in [-0.2, -0.15) is 0 Å². The molecule has 0 radical (unpaired) electrons. The first-order valence-corrected chi connectivity index (χ1v) is 6.87. The first-order valence-electron chi connectivity index (χ1n) is 6.87.